The highest BCUT2D eigenvalue weighted by Crippen LogP contribution is 2.20. The molecule has 0 heterocycles. The van der Waals surface area contributed by atoms with Crippen LogP contribution in [-0.2, 0) is 14.8 Å². The number of anilines is 1. The Morgan fingerprint density at radius 2 is 1.82 bits per heavy atom. The van der Waals surface area contributed by atoms with Crippen molar-refractivity contribution in [2.24, 2.45) is 0 Å². The highest BCUT2D eigenvalue weighted by atomic mass is 32.2. The molecule has 2 aromatic rings. The molecule has 0 unspecified atom stereocenters. The largest absolute Gasteiger partial charge is 0.379 e. The molecule has 1 amide bonds. The number of benzene rings is 2. The zero-order chi connectivity index (χ0) is 20.7. The molecule has 0 saturated heterocycles. The second kappa shape index (κ2) is 9.72. The van der Waals surface area contributed by atoms with Crippen molar-refractivity contribution in [3.05, 3.63) is 59.7 Å². The number of ether oxygens (including phenoxy) is 1. The molecule has 28 heavy (non-hydrogen) atoms. The minimum atomic E-state index is -3.91. The fourth-order valence-electron chi connectivity index (χ4n) is 2.28. The van der Waals surface area contributed by atoms with Crippen LogP contribution < -0.4 is 10.0 Å². The SMILES string of the molecule is CC(C)OCCCNS(=O)(=O)c1ccc(NC(=O)c2ccccc2F)c(F)c1. The summed E-state index contributed by atoms with van der Waals surface area (Å²) in [7, 11) is -3.91. The summed E-state index contributed by atoms with van der Waals surface area (Å²) in [5.41, 5.74) is -0.499. The number of hydrogen-bond acceptors (Lipinski definition) is 4. The number of amides is 1. The Bertz CT molecular complexity index is 933. The first kappa shape index (κ1) is 21.9. The highest BCUT2D eigenvalue weighted by Gasteiger charge is 2.18. The Hall–Kier alpha value is -2.36. The van der Waals surface area contributed by atoms with Gasteiger partial charge in [-0.3, -0.25) is 4.79 Å². The molecule has 0 bridgehead atoms. The molecular weight excluding hydrogens is 390 g/mol. The molecule has 0 aliphatic heterocycles. The topological polar surface area (TPSA) is 84.5 Å². The maximum atomic E-state index is 14.3. The minimum Gasteiger partial charge on any atom is -0.379 e. The average molecular weight is 412 g/mol. The smallest absolute Gasteiger partial charge is 0.258 e. The fourth-order valence-corrected chi connectivity index (χ4v) is 3.37. The summed E-state index contributed by atoms with van der Waals surface area (Å²) in [6, 6.07) is 8.34. The van der Waals surface area contributed by atoms with Crippen molar-refractivity contribution >= 4 is 21.6 Å². The summed E-state index contributed by atoms with van der Waals surface area (Å²) < 4.78 is 60.0. The Balaban J connectivity index is 2.03. The molecular formula is C19H22F2N2O4S. The van der Waals surface area contributed by atoms with Gasteiger partial charge < -0.3 is 10.1 Å². The van der Waals surface area contributed by atoms with Gasteiger partial charge in [0, 0.05) is 13.2 Å². The van der Waals surface area contributed by atoms with Crippen LogP contribution in [-0.4, -0.2) is 33.6 Å². The van der Waals surface area contributed by atoms with E-state index >= 15 is 0 Å². The van der Waals surface area contributed by atoms with Crippen molar-refractivity contribution in [1.29, 1.82) is 0 Å². The zero-order valence-corrected chi connectivity index (χ0v) is 16.4. The van der Waals surface area contributed by atoms with Gasteiger partial charge in [0.15, 0.2) is 0 Å². The van der Waals surface area contributed by atoms with E-state index in [4.69, 9.17) is 4.74 Å². The van der Waals surface area contributed by atoms with Gasteiger partial charge in [-0.25, -0.2) is 21.9 Å². The first-order chi connectivity index (χ1) is 13.2. The number of carbonyl (C=O) groups is 1. The van der Waals surface area contributed by atoms with Crippen LogP contribution in [0, 0.1) is 11.6 Å². The number of nitrogens with one attached hydrogen (secondary N) is 2. The van der Waals surface area contributed by atoms with Gasteiger partial charge in [-0.15, -0.1) is 0 Å². The van der Waals surface area contributed by atoms with E-state index in [0.29, 0.717) is 13.0 Å². The lowest BCUT2D eigenvalue weighted by atomic mass is 10.2. The van der Waals surface area contributed by atoms with Crippen LogP contribution >= 0.6 is 0 Å². The van der Waals surface area contributed by atoms with Crippen LogP contribution in [0.15, 0.2) is 47.4 Å². The van der Waals surface area contributed by atoms with E-state index < -0.39 is 27.6 Å². The van der Waals surface area contributed by atoms with Gasteiger partial charge in [-0.2, -0.15) is 0 Å². The van der Waals surface area contributed by atoms with E-state index in [1.807, 2.05) is 13.8 Å². The third kappa shape index (κ3) is 6.08. The predicted octanol–water partition coefficient (Wildman–Crippen LogP) is 3.31. The maximum Gasteiger partial charge on any atom is 0.258 e. The van der Waals surface area contributed by atoms with Gasteiger partial charge in [-0.1, -0.05) is 12.1 Å². The summed E-state index contributed by atoms with van der Waals surface area (Å²) in [6.07, 6.45) is 0.522. The van der Waals surface area contributed by atoms with Crippen molar-refractivity contribution in [2.45, 2.75) is 31.3 Å². The summed E-state index contributed by atoms with van der Waals surface area (Å²) in [5, 5.41) is 2.23. The van der Waals surface area contributed by atoms with Gasteiger partial charge in [0.1, 0.15) is 11.6 Å². The van der Waals surface area contributed by atoms with Crippen LogP contribution in [0.2, 0.25) is 0 Å². The van der Waals surface area contributed by atoms with Crippen molar-refractivity contribution in [2.75, 3.05) is 18.5 Å². The molecule has 0 aliphatic rings. The van der Waals surface area contributed by atoms with Gasteiger partial charge >= 0.3 is 0 Å². The Morgan fingerprint density at radius 3 is 2.46 bits per heavy atom. The first-order valence-electron chi connectivity index (χ1n) is 8.67. The molecule has 0 spiro atoms. The third-order valence-electron chi connectivity index (χ3n) is 3.68. The highest BCUT2D eigenvalue weighted by molar-refractivity contribution is 7.89. The predicted molar refractivity (Wildman–Crippen MR) is 102 cm³/mol. The number of rotatable bonds is 9. The number of carbonyl (C=O) groups excluding carboxylic acids is 1. The molecule has 2 N–H and O–H groups in total. The lowest BCUT2D eigenvalue weighted by molar-refractivity contribution is 0.0778. The van der Waals surface area contributed by atoms with E-state index in [1.54, 1.807) is 0 Å². The standard InChI is InChI=1S/C19H22F2N2O4S/c1-13(2)27-11-5-10-22-28(25,26)14-8-9-18(17(21)12-14)23-19(24)15-6-3-4-7-16(15)20/h3-4,6-9,12-13,22H,5,10-11H2,1-2H3,(H,23,24). The van der Waals surface area contributed by atoms with Crippen molar-refractivity contribution < 1.29 is 26.7 Å². The average Bonchev–Trinajstić information content (AvgIpc) is 2.63. The number of sulfonamides is 1. The van der Waals surface area contributed by atoms with Crippen LogP contribution in [0.3, 0.4) is 0 Å². The molecule has 0 aromatic heterocycles. The quantitative estimate of drug-likeness (QED) is 0.619. The van der Waals surface area contributed by atoms with Crippen LogP contribution in [0.25, 0.3) is 0 Å². The summed E-state index contributed by atoms with van der Waals surface area (Å²) in [4.78, 5) is 11.8. The van der Waals surface area contributed by atoms with Crippen LogP contribution in [0.1, 0.15) is 30.6 Å². The fraction of sp³-hybridized carbons (Fsp3) is 0.316. The van der Waals surface area contributed by atoms with Crippen molar-refractivity contribution in [1.82, 2.24) is 4.72 Å². The van der Waals surface area contributed by atoms with E-state index in [1.165, 1.54) is 18.2 Å². The lowest BCUT2D eigenvalue weighted by Crippen LogP contribution is -2.26. The summed E-state index contributed by atoms with van der Waals surface area (Å²) >= 11 is 0. The Kier molecular flexibility index (Phi) is 7.61. The number of hydrogen-bond donors (Lipinski definition) is 2. The molecule has 152 valence electrons. The number of halogens is 2. The third-order valence-corrected chi connectivity index (χ3v) is 5.14. The van der Waals surface area contributed by atoms with Gasteiger partial charge in [0.05, 0.1) is 22.3 Å². The van der Waals surface area contributed by atoms with Crippen molar-refractivity contribution in [3.8, 4) is 0 Å². The van der Waals surface area contributed by atoms with Crippen LogP contribution in [0.4, 0.5) is 14.5 Å². The second-order valence-electron chi connectivity index (χ2n) is 6.25. The normalized spacial score (nSPS) is 11.6. The van der Waals surface area contributed by atoms with Gasteiger partial charge in [0.2, 0.25) is 10.0 Å². The summed E-state index contributed by atoms with van der Waals surface area (Å²) in [5.74, 6) is -2.53. The van der Waals surface area contributed by atoms with E-state index in [2.05, 4.69) is 10.0 Å². The molecule has 0 aliphatic carbocycles. The Morgan fingerprint density at radius 1 is 1.11 bits per heavy atom. The monoisotopic (exact) mass is 412 g/mol. The van der Waals surface area contributed by atoms with E-state index in [0.717, 1.165) is 24.3 Å². The van der Waals surface area contributed by atoms with Crippen LogP contribution in [0.5, 0.6) is 0 Å². The molecule has 2 rings (SSSR count). The molecule has 0 saturated carbocycles. The van der Waals surface area contributed by atoms with E-state index in [9.17, 15) is 22.0 Å². The lowest BCUT2D eigenvalue weighted by Gasteiger charge is -2.11. The van der Waals surface area contributed by atoms with Gasteiger partial charge in [-0.05, 0) is 50.6 Å². The van der Waals surface area contributed by atoms with Gasteiger partial charge in [0.25, 0.3) is 5.91 Å². The molecule has 0 radical (unpaired) electrons. The zero-order valence-electron chi connectivity index (χ0n) is 15.5. The molecule has 0 atom stereocenters. The first-order valence-corrected chi connectivity index (χ1v) is 10.2. The molecule has 0 fully saturated rings. The molecule has 9 heteroatoms. The van der Waals surface area contributed by atoms with E-state index in [-0.39, 0.29) is 28.8 Å². The maximum absolute atomic E-state index is 14.3. The second-order valence-corrected chi connectivity index (χ2v) is 8.01. The minimum absolute atomic E-state index is 0.0535. The van der Waals surface area contributed by atoms with Crippen molar-refractivity contribution in [3.63, 3.8) is 0 Å². The molecule has 6 nitrogen and oxygen atoms in total. The molecule has 2 aromatic carbocycles. The summed E-state index contributed by atoms with van der Waals surface area (Å²) in [6.45, 7) is 4.29. The Labute approximate surface area is 163 Å².